The summed E-state index contributed by atoms with van der Waals surface area (Å²) in [6, 6.07) is 5.28. The Morgan fingerprint density at radius 1 is 1.19 bits per heavy atom. The third-order valence-electron chi connectivity index (χ3n) is 4.66. The first-order valence-electron chi connectivity index (χ1n) is 7.44. The second kappa shape index (κ2) is 6.43. The summed E-state index contributed by atoms with van der Waals surface area (Å²) >= 11 is 12.1. The van der Waals surface area contributed by atoms with E-state index in [2.05, 4.69) is 0 Å². The molecule has 3 nitrogen and oxygen atoms in total. The van der Waals surface area contributed by atoms with Crippen LogP contribution in [0.15, 0.2) is 18.2 Å². The van der Waals surface area contributed by atoms with Crippen LogP contribution >= 0.6 is 23.2 Å². The van der Waals surface area contributed by atoms with Gasteiger partial charge in [-0.2, -0.15) is 0 Å². The molecule has 1 aromatic rings. The largest absolute Gasteiger partial charge is 0.388 e. The highest BCUT2D eigenvalue weighted by Crippen LogP contribution is 2.43. The lowest BCUT2D eigenvalue weighted by Gasteiger charge is -2.44. The summed E-state index contributed by atoms with van der Waals surface area (Å²) in [7, 11) is 0. The van der Waals surface area contributed by atoms with Gasteiger partial charge in [-0.15, -0.1) is 0 Å². The predicted octanol–water partition coefficient (Wildman–Crippen LogP) is 4.00. The summed E-state index contributed by atoms with van der Waals surface area (Å²) in [5.74, 6) is 0.163. The molecule has 0 bridgehead atoms. The second-order valence-corrected chi connectivity index (χ2v) is 6.85. The van der Waals surface area contributed by atoms with Crippen molar-refractivity contribution in [2.24, 2.45) is 5.92 Å². The monoisotopic (exact) mass is 330 g/mol. The van der Waals surface area contributed by atoms with Gasteiger partial charge >= 0.3 is 0 Å². The molecule has 2 aliphatic heterocycles. The average Bonchev–Trinajstić information content (AvgIpc) is 2.47. The molecule has 0 aliphatic carbocycles. The molecule has 2 fully saturated rings. The van der Waals surface area contributed by atoms with E-state index in [1.54, 1.807) is 12.1 Å². The van der Waals surface area contributed by atoms with Gasteiger partial charge in [0.2, 0.25) is 0 Å². The van der Waals surface area contributed by atoms with Gasteiger partial charge in [0, 0.05) is 29.9 Å². The Bertz CT molecular complexity index is 495. The van der Waals surface area contributed by atoms with E-state index in [0.29, 0.717) is 16.7 Å². The molecule has 1 spiro atoms. The lowest BCUT2D eigenvalue weighted by Crippen LogP contribution is -2.45. The van der Waals surface area contributed by atoms with Crippen molar-refractivity contribution < 1.29 is 14.6 Å². The highest BCUT2D eigenvalue weighted by molar-refractivity contribution is 6.35. The fraction of sp³-hybridized carbons (Fsp3) is 0.625. The molecule has 3 rings (SSSR count). The Balaban J connectivity index is 1.76. The van der Waals surface area contributed by atoms with Gasteiger partial charge in [-0.05, 0) is 49.3 Å². The van der Waals surface area contributed by atoms with E-state index >= 15 is 0 Å². The minimum atomic E-state index is -0.571. The molecule has 2 saturated heterocycles. The van der Waals surface area contributed by atoms with Crippen molar-refractivity contribution in [1.82, 2.24) is 0 Å². The molecule has 0 radical (unpaired) electrons. The van der Waals surface area contributed by atoms with Crippen LogP contribution in [0, 0.1) is 5.92 Å². The zero-order valence-electron chi connectivity index (χ0n) is 11.9. The first-order valence-corrected chi connectivity index (χ1v) is 8.20. The van der Waals surface area contributed by atoms with Crippen molar-refractivity contribution in [3.05, 3.63) is 33.8 Å². The zero-order valence-corrected chi connectivity index (χ0v) is 13.4. The summed E-state index contributed by atoms with van der Waals surface area (Å²) in [6.45, 7) is 2.17. The minimum Gasteiger partial charge on any atom is -0.388 e. The van der Waals surface area contributed by atoms with Gasteiger partial charge in [0.05, 0.1) is 11.7 Å². The van der Waals surface area contributed by atoms with Crippen LogP contribution in [0.1, 0.15) is 37.4 Å². The van der Waals surface area contributed by atoms with E-state index in [-0.39, 0.29) is 11.5 Å². The molecule has 5 heteroatoms. The SMILES string of the molecule is OC(c1ccc(Cl)cc1Cl)C1CCOC2(CCOCC2)C1. The van der Waals surface area contributed by atoms with Crippen molar-refractivity contribution in [1.29, 1.82) is 0 Å². The summed E-state index contributed by atoms with van der Waals surface area (Å²) in [4.78, 5) is 0. The molecular formula is C16H20Cl2O3. The standard InChI is InChI=1S/C16H20Cl2O3/c17-12-1-2-13(14(18)9-12)15(19)11-3-6-21-16(10-11)4-7-20-8-5-16/h1-2,9,11,15,19H,3-8,10H2. The van der Waals surface area contributed by atoms with Crippen molar-refractivity contribution in [3.8, 4) is 0 Å². The maximum atomic E-state index is 10.7. The molecular weight excluding hydrogens is 311 g/mol. The molecule has 0 aromatic heterocycles. The lowest BCUT2D eigenvalue weighted by molar-refractivity contribution is -0.159. The number of rotatable bonds is 2. The summed E-state index contributed by atoms with van der Waals surface area (Å²) in [5.41, 5.74) is 0.635. The molecule has 0 amide bonds. The highest BCUT2D eigenvalue weighted by Gasteiger charge is 2.41. The topological polar surface area (TPSA) is 38.7 Å². The fourth-order valence-electron chi connectivity index (χ4n) is 3.42. The van der Waals surface area contributed by atoms with E-state index in [9.17, 15) is 5.11 Å². The van der Waals surface area contributed by atoms with Crippen LogP contribution in [-0.4, -0.2) is 30.5 Å². The summed E-state index contributed by atoms with van der Waals surface area (Å²) in [6.07, 6.45) is 2.95. The third kappa shape index (κ3) is 3.38. The molecule has 1 aromatic carbocycles. The predicted molar refractivity (Wildman–Crippen MR) is 82.9 cm³/mol. The Labute approximate surface area is 135 Å². The number of benzene rings is 1. The van der Waals surface area contributed by atoms with E-state index < -0.39 is 6.10 Å². The van der Waals surface area contributed by atoms with Gasteiger partial charge in [-0.3, -0.25) is 0 Å². The summed E-state index contributed by atoms with van der Waals surface area (Å²) in [5, 5.41) is 11.8. The van der Waals surface area contributed by atoms with Crippen LogP contribution < -0.4 is 0 Å². The van der Waals surface area contributed by atoms with Crippen LogP contribution in [0.4, 0.5) is 0 Å². The first-order chi connectivity index (χ1) is 10.1. The quantitative estimate of drug-likeness (QED) is 0.890. The molecule has 21 heavy (non-hydrogen) atoms. The first kappa shape index (κ1) is 15.6. The smallest absolute Gasteiger partial charge is 0.0834 e. The molecule has 2 unspecified atom stereocenters. The molecule has 2 atom stereocenters. The van der Waals surface area contributed by atoms with Crippen molar-refractivity contribution in [2.75, 3.05) is 19.8 Å². The third-order valence-corrected chi connectivity index (χ3v) is 5.23. The van der Waals surface area contributed by atoms with E-state index in [0.717, 1.165) is 44.5 Å². The van der Waals surface area contributed by atoms with Crippen LogP contribution in [0.3, 0.4) is 0 Å². The van der Waals surface area contributed by atoms with Crippen molar-refractivity contribution >= 4 is 23.2 Å². The van der Waals surface area contributed by atoms with Crippen LogP contribution in [-0.2, 0) is 9.47 Å². The van der Waals surface area contributed by atoms with E-state index in [1.807, 2.05) is 6.07 Å². The average molecular weight is 331 g/mol. The fourth-order valence-corrected chi connectivity index (χ4v) is 3.94. The molecule has 116 valence electrons. The van der Waals surface area contributed by atoms with Gasteiger partial charge in [0.1, 0.15) is 0 Å². The number of halogens is 2. The van der Waals surface area contributed by atoms with Gasteiger partial charge in [0.25, 0.3) is 0 Å². The second-order valence-electron chi connectivity index (χ2n) is 6.01. The summed E-state index contributed by atoms with van der Waals surface area (Å²) < 4.78 is 11.5. The van der Waals surface area contributed by atoms with Crippen LogP contribution in [0.2, 0.25) is 10.0 Å². The molecule has 2 aliphatic rings. The van der Waals surface area contributed by atoms with Crippen LogP contribution in [0.5, 0.6) is 0 Å². The Morgan fingerprint density at radius 2 is 1.95 bits per heavy atom. The zero-order chi connectivity index (χ0) is 14.9. The number of aliphatic hydroxyl groups excluding tert-OH is 1. The Kier molecular flexibility index (Phi) is 4.77. The number of hydrogen-bond acceptors (Lipinski definition) is 3. The maximum absolute atomic E-state index is 10.7. The Morgan fingerprint density at radius 3 is 2.67 bits per heavy atom. The number of hydrogen-bond donors (Lipinski definition) is 1. The highest BCUT2D eigenvalue weighted by atomic mass is 35.5. The van der Waals surface area contributed by atoms with Gasteiger partial charge in [-0.1, -0.05) is 29.3 Å². The van der Waals surface area contributed by atoms with E-state index in [1.165, 1.54) is 0 Å². The molecule has 2 heterocycles. The number of aliphatic hydroxyl groups is 1. The minimum absolute atomic E-state index is 0.124. The Hall–Kier alpha value is -0.320. The van der Waals surface area contributed by atoms with Gasteiger partial charge < -0.3 is 14.6 Å². The lowest BCUT2D eigenvalue weighted by atomic mass is 9.77. The van der Waals surface area contributed by atoms with Crippen molar-refractivity contribution in [2.45, 2.75) is 37.4 Å². The molecule has 1 N–H and O–H groups in total. The van der Waals surface area contributed by atoms with Crippen LogP contribution in [0.25, 0.3) is 0 Å². The van der Waals surface area contributed by atoms with Gasteiger partial charge in [-0.25, -0.2) is 0 Å². The van der Waals surface area contributed by atoms with Crippen molar-refractivity contribution in [3.63, 3.8) is 0 Å². The molecule has 0 saturated carbocycles. The van der Waals surface area contributed by atoms with E-state index in [4.69, 9.17) is 32.7 Å². The normalized spacial score (nSPS) is 26.7. The maximum Gasteiger partial charge on any atom is 0.0834 e. The number of ether oxygens (including phenoxy) is 2. The van der Waals surface area contributed by atoms with Gasteiger partial charge in [0.15, 0.2) is 0 Å².